The molecular formula is C17H14F5N. The summed E-state index contributed by atoms with van der Waals surface area (Å²) in [6.45, 7) is 6.56. The highest BCUT2D eigenvalue weighted by atomic mass is 19.2. The molecule has 2 aromatic rings. The highest BCUT2D eigenvalue weighted by Crippen LogP contribution is 2.29. The fourth-order valence-electron chi connectivity index (χ4n) is 2.25. The van der Waals surface area contributed by atoms with E-state index >= 15 is 0 Å². The lowest BCUT2D eigenvalue weighted by Gasteiger charge is -2.11. The second-order valence-electron chi connectivity index (χ2n) is 5.32. The molecule has 0 aliphatic heterocycles. The molecular weight excluding hydrogens is 313 g/mol. The van der Waals surface area contributed by atoms with E-state index in [9.17, 15) is 22.0 Å². The minimum Gasteiger partial charge on any atom is -0.252 e. The zero-order valence-electron chi connectivity index (χ0n) is 13.0. The van der Waals surface area contributed by atoms with Crippen LogP contribution in [0.4, 0.5) is 27.6 Å². The molecule has 0 amide bonds. The summed E-state index contributed by atoms with van der Waals surface area (Å²) in [6, 6.07) is 3.63. The van der Waals surface area contributed by atoms with Gasteiger partial charge in [-0.25, -0.2) is 22.0 Å². The molecule has 0 atom stereocenters. The molecule has 122 valence electrons. The molecule has 1 nitrogen and oxygen atoms in total. The molecule has 0 unspecified atom stereocenters. The third-order valence-corrected chi connectivity index (χ3v) is 3.75. The van der Waals surface area contributed by atoms with E-state index in [1.807, 2.05) is 13.0 Å². The van der Waals surface area contributed by atoms with Gasteiger partial charge in [-0.3, -0.25) is 4.99 Å². The Morgan fingerprint density at radius 2 is 1.17 bits per heavy atom. The first-order chi connectivity index (χ1) is 10.7. The first kappa shape index (κ1) is 17.1. The number of nitrogens with zero attached hydrogens (tertiary/aromatic N) is 1. The normalized spacial score (nSPS) is 12.0. The molecule has 0 aromatic heterocycles. The summed E-state index contributed by atoms with van der Waals surface area (Å²) < 4.78 is 67.4. The van der Waals surface area contributed by atoms with E-state index in [1.54, 1.807) is 19.9 Å². The second-order valence-corrected chi connectivity index (χ2v) is 5.32. The molecule has 0 bridgehead atoms. The van der Waals surface area contributed by atoms with Gasteiger partial charge in [0.1, 0.15) is 0 Å². The van der Waals surface area contributed by atoms with Gasteiger partial charge in [0.05, 0.1) is 17.0 Å². The van der Waals surface area contributed by atoms with Crippen LogP contribution < -0.4 is 0 Å². The van der Waals surface area contributed by atoms with E-state index < -0.39 is 34.6 Å². The number of hydrogen-bond acceptors (Lipinski definition) is 1. The third-order valence-electron chi connectivity index (χ3n) is 3.75. The monoisotopic (exact) mass is 327 g/mol. The van der Waals surface area contributed by atoms with Crippen LogP contribution in [0, 0.1) is 49.9 Å². The Hall–Kier alpha value is -2.24. The Kier molecular flexibility index (Phi) is 4.54. The lowest BCUT2D eigenvalue weighted by Crippen LogP contribution is -2.11. The Labute approximate surface area is 130 Å². The Morgan fingerprint density at radius 3 is 1.70 bits per heavy atom. The molecule has 0 saturated carbocycles. The van der Waals surface area contributed by atoms with Crippen LogP contribution in [-0.2, 0) is 0 Å². The number of aryl methyl sites for hydroxylation is 2. The lowest BCUT2D eigenvalue weighted by atomic mass is 10.0. The minimum atomic E-state index is -2.18. The van der Waals surface area contributed by atoms with Crippen LogP contribution in [0.2, 0.25) is 0 Å². The summed E-state index contributed by atoms with van der Waals surface area (Å²) in [6.07, 6.45) is 0. The lowest BCUT2D eigenvalue weighted by molar-refractivity contribution is 0.377. The van der Waals surface area contributed by atoms with E-state index in [1.165, 1.54) is 6.92 Å². The summed E-state index contributed by atoms with van der Waals surface area (Å²) in [7, 11) is 0. The Morgan fingerprint density at radius 1 is 0.739 bits per heavy atom. The van der Waals surface area contributed by atoms with Crippen LogP contribution in [-0.4, -0.2) is 5.71 Å². The maximum absolute atomic E-state index is 13.8. The van der Waals surface area contributed by atoms with E-state index in [0.717, 1.165) is 16.7 Å². The number of hydrogen-bond donors (Lipinski definition) is 0. The van der Waals surface area contributed by atoms with Crippen LogP contribution in [0.15, 0.2) is 17.1 Å². The first-order valence-corrected chi connectivity index (χ1v) is 6.80. The molecule has 6 heteroatoms. The van der Waals surface area contributed by atoms with Crippen molar-refractivity contribution in [2.24, 2.45) is 4.99 Å². The maximum Gasteiger partial charge on any atom is 0.200 e. The molecule has 0 N–H and O–H groups in total. The van der Waals surface area contributed by atoms with Gasteiger partial charge in [0, 0.05) is 0 Å². The summed E-state index contributed by atoms with van der Waals surface area (Å²) in [5, 5.41) is 0. The quantitative estimate of drug-likeness (QED) is 0.301. The van der Waals surface area contributed by atoms with Crippen molar-refractivity contribution in [2.45, 2.75) is 27.7 Å². The standard InChI is InChI=1S/C17H14F5N/c1-7-5-6-8(2)17(9(7)3)23-10(4)11-12(18)14(20)16(22)15(21)13(11)19/h5-6H,1-4H3. The van der Waals surface area contributed by atoms with Crippen LogP contribution in [0.25, 0.3) is 0 Å². The van der Waals surface area contributed by atoms with Crippen molar-refractivity contribution in [3.8, 4) is 0 Å². The second kappa shape index (κ2) is 6.10. The number of rotatable bonds is 2. The average molecular weight is 327 g/mol. The summed E-state index contributed by atoms with van der Waals surface area (Å²) in [4.78, 5) is 4.10. The summed E-state index contributed by atoms with van der Waals surface area (Å²) in [5.41, 5.74) is 1.56. The van der Waals surface area contributed by atoms with Gasteiger partial charge in [-0.1, -0.05) is 12.1 Å². The predicted molar refractivity (Wildman–Crippen MR) is 78.8 cm³/mol. The molecule has 2 rings (SSSR count). The van der Waals surface area contributed by atoms with Gasteiger partial charge in [0.25, 0.3) is 0 Å². The van der Waals surface area contributed by atoms with Crippen LogP contribution in [0.1, 0.15) is 29.2 Å². The van der Waals surface area contributed by atoms with Crippen LogP contribution >= 0.6 is 0 Å². The largest absolute Gasteiger partial charge is 0.252 e. The molecule has 0 aliphatic rings. The van der Waals surface area contributed by atoms with Crippen molar-refractivity contribution in [1.29, 1.82) is 0 Å². The van der Waals surface area contributed by atoms with E-state index in [0.29, 0.717) is 5.69 Å². The Balaban J connectivity index is 2.72. The summed E-state index contributed by atoms with van der Waals surface area (Å²) >= 11 is 0. The predicted octanol–water partition coefficient (Wildman–Crippen LogP) is 5.45. The minimum absolute atomic E-state index is 0.283. The van der Waals surface area contributed by atoms with Crippen LogP contribution in [0.3, 0.4) is 0 Å². The van der Waals surface area contributed by atoms with Crippen LogP contribution in [0.5, 0.6) is 0 Å². The van der Waals surface area contributed by atoms with Crippen molar-refractivity contribution < 1.29 is 22.0 Å². The molecule has 0 heterocycles. The maximum atomic E-state index is 13.8. The van der Waals surface area contributed by atoms with E-state index in [-0.39, 0.29) is 5.71 Å². The third kappa shape index (κ3) is 2.85. The fraction of sp³-hybridized carbons (Fsp3) is 0.235. The molecule has 0 aliphatic carbocycles. The van der Waals surface area contributed by atoms with Gasteiger partial charge in [-0.15, -0.1) is 0 Å². The van der Waals surface area contributed by atoms with E-state index in [2.05, 4.69) is 4.99 Å². The molecule has 0 saturated heterocycles. The van der Waals surface area contributed by atoms with Crippen molar-refractivity contribution in [1.82, 2.24) is 0 Å². The highest BCUT2D eigenvalue weighted by molar-refractivity contribution is 6.01. The van der Waals surface area contributed by atoms with Gasteiger partial charge >= 0.3 is 0 Å². The Bertz CT molecular complexity index is 795. The van der Waals surface area contributed by atoms with Crippen molar-refractivity contribution in [3.63, 3.8) is 0 Å². The smallest absolute Gasteiger partial charge is 0.200 e. The topological polar surface area (TPSA) is 12.4 Å². The number of benzene rings is 2. The zero-order chi connectivity index (χ0) is 17.5. The van der Waals surface area contributed by atoms with Crippen molar-refractivity contribution in [2.75, 3.05) is 0 Å². The summed E-state index contributed by atoms with van der Waals surface area (Å²) in [5.74, 6) is -9.91. The fourth-order valence-corrected chi connectivity index (χ4v) is 2.25. The van der Waals surface area contributed by atoms with Gasteiger partial charge in [0.15, 0.2) is 23.3 Å². The van der Waals surface area contributed by atoms with Gasteiger partial charge in [0.2, 0.25) is 5.82 Å². The highest BCUT2D eigenvalue weighted by Gasteiger charge is 2.27. The molecule has 0 fully saturated rings. The van der Waals surface area contributed by atoms with Gasteiger partial charge in [-0.2, -0.15) is 0 Å². The molecule has 0 radical (unpaired) electrons. The molecule has 23 heavy (non-hydrogen) atoms. The number of halogens is 5. The number of aliphatic imine (C=N–C) groups is 1. The zero-order valence-corrected chi connectivity index (χ0v) is 13.0. The van der Waals surface area contributed by atoms with Gasteiger partial charge < -0.3 is 0 Å². The molecule has 0 spiro atoms. The van der Waals surface area contributed by atoms with Crippen molar-refractivity contribution in [3.05, 3.63) is 63.5 Å². The van der Waals surface area contributed by atoms with Crippen molar-refractivity contribution >= 4 is 11.4 Å². The van der Waals surface area contributed by atoms with Gasteiger partial charge in [-0.05, 0) is 44.4 Å². The SMILES string of the molecule is CC(=Nc1c(C)ccc(C)c1C)c1c(F)c(F)c(F)c(F)c1F. The first-order valence-electron chi connectivity index (χ1n) is 6.80. The average Bonchev–Trinajstić information content (AvgIpc) is 2.51. The van der Waals surface area contributed by atoms with E-state index in [4.69, 9.17) is 0 Å². The molecule has 2 aromatic carbocycles.